The maximum atomic E-state index is 3.64. The van der Waals surface area contributed by atoms with Crippen molar-refractivity contribution < 1.29 is 0 Å². The molecule has 0 aromatic heterocycles. The van der Waals surface area contributed by atoms with E-state index in [9.17, 15) is 0 Å². The molecule has 0 saturated heterocycles. The normalized spacial score (nSPS) is 13.6. The van der Waals surface area contributed by atoms with Gasteiger partial charge in [0, 0.05) is 11.4 Å². The summed E-state index contributed by atoms with van der Waals surface area (Å²) < 4.78 is 0. The Balaban J connectivity index is 3.56. The van der Waals surface area contributed by atoms with Crippen molar-refractivity contribution in [2.75, 3.05) is 11.9 Å². The minimum atomic E-state index is 0.708. The molecule has 0 aliphatic heterocycles. The van der Waals surface area contributed by atoms with Crippen LogP contribution in [0.2, 0.25) is 0 Å². The standard InChI is InChI=1S/C11H24BrN/c1-4-10(5-2)9-13-11(6-3)7-8-12/h10-11,13H,4-9H2,1-3H3. The van der Waals surface area contributed by atoms with Crippen molar-refractivity contribution in [3.63, 3.8) is 0 Å². The van der Waals surface area contributed by atoms with E-state index in [2.05, 4.69) is 42.0 Å². The Morgan fingerprint density at radius 2 is 1.69 bits per heavy atom. The summed E-state index contributed by atoms with van der Waals surface area (Å²) in [4.78, 5) is 0. The fourth-order valence-electron chi connectivity index (χ4n) is 1.49. The predicted molar refractivity (Wildman–Crippen MR) is 64.6 cm³/mol. The van der Waals surface area contributed by atoms with Gasteiger partial charge in [0.2, 0.25) is 0 Å². The van der Waals surface area contributed by atoms with Crippen LogP contribution in [0, 0.1) is 5.92 Å². The molecule has 0 aromatic rings. The summed E-state index contributed by atoms with van der Waals surface area (Å²) in [6, 6.07) is 0.708. The van der Waals surface area contributed by atoms with Crippen molar-refractivity contribution in [2.24, 2.45) is 5.92 Å². The predicted octanol–water partition coefficient (Wildman–Crippen LogP) is 3.58. The molecule has 0 radical (unpaired) electrons. The van der Waals surface area contributed by atoms with Gasteiger partial charge in [-0.2, -0.15) is 0 Å². The first kappa shape index (κ1) is 13.4. The van der Waals surface area contributed by atoms with Crippen LogP contribution >= 0.6 is 15.9 Å². The van der Waals surface area contributed by atoms with E-state index in [1.807, 2.05) is 0 Å². The maximum absolute atomic E-state index is 3.64. The highest BCUT2D eigenvalue weighted by Gasteiger charge is 2.07. The van der Waals surface area contributed by atoms with Crippen LogP contribution in [0.25, 0.3) is 0 Å². The summed E-state index contributed by atoms with van der Waals surface area (Å²) in [7, 11) is 0. The fourth-order valence-corrected chi connectivity index (χ4v) is 2.05. The Morgan fingerprint density at radius 3 is 2.08 bits per heavy atom. The van der Waals surface area contributed by atoms with Crippen LogP contribution in [0.3, 0.4) is 0 Å². The third-order valence-electron chi connectivity index (χ3n) is 2.80. The molecule has 2 heteroatoms. The number of hydrogen-bond donors (Lipinski definition) is 1. The van der Waals surface area contributed by atoms with Crippen molar-refractivity contribution in [1.29, 1.82) is 0 Å². The number of alkyl halides is 1. The van der Waals surface area contributed by atoms with Crippen LogP contribution in [-0.4, -0.2) is 17.9 Å². The van der Waals surface area contributed by atoms with E-state index in [4.69, 9.17) is 0 Å². The Hall–Kier alpha value is 0.440. The zero-order chi connectivity index (χ0) is 10.1. The number of hydrogen-bond acceptors (Lipinski definition) is 1. The molecular weight excluding hydrogens is 226 g/mol. The topological polar surface area (TPSA) is 12.0 Å². The Kier molecular flexibility index (Phi) is 9.32. The van der Waals surface area contributed by atoms with Gasteiger partial charge in [-0.25, -0.2) is 0 Å². The third-order valence-corrected chi connectivity index (χ3v) is 3.26. The molecule has 0 aliphatic rings. The van der Waals surface area contributed by atoms with E-state index >= 15 is 0 Å². The summed E-state index contributed by atoms with van der Waals surface area (Å²) in [5, 5.41) is 4.75. The van der Waals surface area contributed by atoms with Gasteiger partial charge < -0.3 is 5.32 Å². The second-order valence-electron chi connectivity index (χ2n) is 3.67. The first-order valence-electron chi connectivity index (χ1n) is 5.57. The molecule has 0 heterocycles. The summed E-state index contributed by atoms with van der Waals surface area (Å²) in [5.74, 6) is 0.865. The summed E-state index contributed by atoms with van der Waals surface area (Å²) in [5.41, 5.74) is 0. The zero-order valence-corrected chi connectivity index (χ0v) is 10.9. The van der Waals surface area contributed by atoms with Crippen LogP contribution in [0.5, 0.6) is 0 Å². The van der Waals surface area contributed by atoms with Gasteiger partial charge in [0.25, 0.3) is 0 Å². The van der Waals surface area contributed by atoms with E-state index in [-0.39, 0.29) is 0 Å². The number of halogens is 1. The first-order valence-corrected chi connectivity index (χ1v) is 6.69. The molecule has 0 amide bonds. The summed E-state index contributed by atoms with van der Waals surface area (Å²) >= 11 is 3.49. The maximum Gasteiger partial charge on any atom is 0.00725 e. The summed E-state index contributed by atoms with van der Waals surface area (Å²) in [6.45, 7) is 8.01. The monoisotopic (exact) mass is 249 g/mol. The number of rotatable bonds is 8. The highest BCUT2D eigenvalue weighted by molar-refractivity contribution is 9.09. The van der Waals surface area contributed by atoms with Crippen LogP contribution in [0.15, 0.2) is 0 Å². The average Bonchev–Trinajstić information content (AvgIpc) is 2.17. The summed E-state index contributed by atoms with van der Waals surface area (Å²) in [6.07, 6.45) is 5.09. The van der Waals surface area contributed by atoms with Gasteiger partial charge in [-0.3, -0.25) is 0 Å². The highest BCUT2D eigenvalue weighted by Crippen LogP contribution is 2.07. The second-order valence-corrected chi connectivity index (χ2v) is 4.47. The van der Waals surface area contributed by atoms with Gasteiger partial charge in [0.15, 0.2) is 0 Å². The Morgan fingerprint density at radius 1 is 1.08 bits per heavy atom. The average molecular weight is 250 g/mol. The van der Waals surface area contributed by atoms with Crippen LogP contribution in [0.1, 0.15) is 46.5 Å². The number of nitrogens with one attached hydrogen (secondary N) is 1. The van der Waals surface area contributed by atoms with Crippen LogP contribution in [-0.2, 0) is 0 Å². The molecule has 0 rings (SSSR count). The molecule has 0 aliphatic carbocycles. The van der Waals surface area contributed by atoms with Gasteiger partial charge in [-0.05, 0) is 25.3 Å². The minimum Gasteiger partial charge on any atom is -0.314 e. The third kappa shape index (κ3) is 6.50. The molecule has 1 unspecified atom stereocenters. The van der Waals surface area contributed by atoms with Crippen LogP contribution in [0.4, 0.5) is 0 Å². The molecule has 0 fully saturated rings. The van der Waals surface area contributed by atoms with Crippen molar-refractivity contribution in [2.45, 2.75) is 52.5 Å². The largest absolute Gasteiger partial charge is 0.314 e. The molecule has 1 nitrogen and oxygen atoms in total. The van der Waals surface area contributed by atoms with Crippen molar-refractivity contribution >= 4 is 15.9 Å². The van der Waals surface area contributed by atoms with Gasteiger partial charge >= 0.3 is 0 Å². The second kappa shape index (κ2) is 9.01. The Bertz CT molecular complexity index is 102. The lowest BCUT2D eigenvalue weighted by molar-refractivity contribution is 0.396. The first-order chi connectivity index (χ1) is 6.28. The lowest BCUT2D eigenvalue weighted by Gasteiger charge is -2.19. The zero-order valence-electron chi connectivity index (χ0n) is 9.28. The quantitative estimate of drug-likeness (QED) is 0.649. The van der Waals surface area contributed by atoms with E-state index in [0.717, 1.165) is 11.2 Å². The van der Waals surface area contributed by atoms with Crippen molar-refractivity contribution in [3.8, 4) is 0 Å². The van der Waals surface area contributed by atoms with Gasteiger partial charge in [0.05, 0.1) is 0 Å². The fraction of sp³-hybridized carbons (Fsp3) is 1.00. The molecule has 13 heavy (non-hydrogen) atoms. The van der Waals surface area contributed by atoms with E-state index in [0.29, 0.717) is 6.04 Å². The Labute approximate surface area is 91.8 Å². The lowest BCUT2D eigenvalue weighted by Crippen LogP contribution is -2.33. The van der Waals surface area contributed by atoms with Crippen molar-refractivity contribution in [1.82, 2.24) is 5.32 Å². The molecule has 0 spiro atoms. The van der Waals surface area contributed by atoms with Gasteiger partial charge in [0.1, 0.15) is 0 Å². The molecule has 1 atom stereocenters. The SMILES string of the molecule is CCC(CC)CNC(CC)CCBr. The molecular formula is C11H24BrN. The van der Waals surface area contributed by atoms with E-state index in [1.165, 1.54) is 32.2 Å². The highest BCUT2D eigenvalue weighted by atomic mass is 79.9. The van der Waals surface area contributed by atoms with Gasteiger partial charge in [-0.1, -0.05) is 49.5 Å². The molecule has 0 aromatic carbocycles. The molecule has 1 N–H and O–H groups in total. The van der Waals surface area contributed by atoms with E-state index < -0.39 is 0 Å². The molecule has 0 saturated carbocycles. The lowest BCUT2D eigenvalue weighted by atomic mass is 10.0. The molecule has 0 bridgehead atoms. The van der Waals surface area contributed by atoms with Crippen molar-refractivity contribution in [3.05, 3.63) is 0 Å². The minimum absolute atomic E-state index is 0.708. The van der Waals surface area contributed by atoms with Crippen LogP contribution < -0.4 is 5.32 Å². The van der Waals surface area contributed by atoms with Gasteiger partial charge in [-0.15, -0.1) is 0 Å². The smallest absolute Gasteiger partial charge is 0.00725 e. The van der Waals surface area contributed by atoms with E-state index in [1.54, 1.807) is 0 Å². The molecule has 80 valence electrons.